The first-order valence-electron chi connectivity index (χ1n) is 8.50. The van der Waals surface area contributed by atoms with Gasteiger partial charge in [-0.05, 0) is 30.5 Å². The van der Waals surface area contributed by atoms with E-state index in [9.17, 15) is 4.79 Å². The predicted molar refractivity (Wildman–Crippen MR) is 93.6 cm³/mol. The van der Waals surface area contributed by atoms with Crippen LogP contribution in [0.1, 0.15) is 17.7 Å². The van der Waals surface area contributed by atoms with Crippen molar-refractivity contribution in [2.45, 2.75) is 25.4 Å². The van der Waals surface area contributed by atoms with Crippen molar-refractivity contribution in [1.82, 2.24) is 9.88 Å². The minimum Gasteiger partial charge on any atom is -0.381 e. The van der Waals surface area contributed by atoms with Crippen molar-refractivity contribution in [1.29, 1.82) is 0 Å². The van der Waals surface area contributed by atoms with Gasteiger partial charge in [0.15, 0.2) is 0 Å². The highest BCUT2D eigenvalue weighted by atomic mass is 16.5. The van der Waals surface area contributed by atoms with Gasteiger partial charge in [-0.2, -0.15) is 0 Å². The van der Waals surface area contributed by atoms with Crippen LogP contribution >= 0.6 is 0 Å². The second-order valence-corrected chi connectivity index (χ2v) is 6.35. The van der Waals surface area contributed by atoms with E-state index in [0.717, 1.165) is 31.6 Å². The van der Waals surface area contributed by atoms with Crippen LogP contribution in [-0.2, 0) is 22.4 Å². The molecule has 2 aromatic rings. The number of nitrogens with zero attached hydrogens (tertiary/aromatic N) is 2. The zero-order chi connectivity index (χ0) is 16.8. The molecule has 1 aliphatic rings. The lowest BCUT2D eigenvalue weighted by atomic mass is 9.88. The number of carbonyl (C=O) groups excluding carboxylic acids is 1. The molecular weight excluding hydrogens is 300 g/mol. The van der Waals surface area contributed by atoms with E-state index in [-0.39, 0.29) is 12.0 Å². The molecule has 1 fully saturated rings. The van der Waals surface area contributed by atoms with E-state index in [0.29, 0.717) is 12.3 Å². The molecule has 0 aliphatic carbocycles. The number of hydrogen-bond acceptors (Lipinski definition) is 3. The van der Waals surface area contributed by atoms with Crippen molar-refractivity contribution in [3.63, 3.8) is 0 Å². The Morgan fingerprint density at radius 1 is 1.21 bits per heavy atom. The summed E-state index contributed by atoms with van der Waals surface area (Å²) in [4.78, 5) is 18.8. The number of methoxy groups -OCH3 is 1. The van der Waals surface area contributed by atoms with Crippen molar-refractivity contribution in [3.05, 3.63) is 66.0 Å². The molecule has 1 aliphatic heterocycles. The Bertz CT molecular complexity index is 645. The molecule has 24 heavy (non-hydrogen) atoms. The topological polar surface area (TPSA) is 42.4 Å². The molecule has 3 rings (SSSR count). The monoisotopic (exact) mass is 324 g/mol. The SMILES string of the molecule is CO[C@@H]1CCN(C(=O)Cc2ccccn2)C[C@H]1Cc1ccccc1. The third kappa shape index (κ3) is 4.20. The Kier molecular flexibility index (Phi) is 5.59. The molecule has 0 unspecified atom stereocenters. The maximum absolute atomic E-state index is 12.6. The van der Waals surface area contributed by atoms with Gasteiger partial charge in [0.25, 0.3) is 0 Å². The fourth-order valence-electron chi connectivity index (χ4n) is 3.43. The fourth-order valence-corrected chi connectivity index (χ4v) is 3.43. The second kappa shape index (κ2) is 8.06. The molecule has 0 radical (unpaired) electrons. The number of pyridine rings is 1. The lowest BCUT2D eigenvalue weighted by Crippen LogP contribution is -2.47. The van der Waals surface area contributed by atoms with Crippen LogP contribution < -0.4 is 0 Å². The molecule has 1 amide bonds. The van der Waals surface area contributed by atoms with E-state index in [1.165, 1.54) is 5.56 Å². The Morgan fingerprint density at radius 2 is 2.00 bits per heavy atom. The molecule has 1 aromatic carbocycles. The van der Waals surface area contributed by atoms with Crippen molar-refractivity contribution < 1.29 is 9.53 Å². The first kappa shape index (κ1) is 16.7. The average Bonchev–Trinajstić information content (AvgIpc) is 2.63. The van der Waals surface area contributed by atoms with Crippen molar-refractivity contribution >= 4 is 5.91 Å². The Labute approximate surface area is 143 Å². The molecule has 1 aromatic heterocycles. The largest absolute Gasteiger partial charge is 0.381 e. The number of hydrogen-bond donors (Lipinski definition) is 0. The first-order valence-corrected chi connectivity index (χ1v) is 8.50. The summed E-state index contributed by atoms with van der Waals surface area (Å²) in [6.07, 6.45) is 4.15. The van der Waals surface area contributed by atoms with E-state index >= 15 is 0 Å². The summed E-state index contributed by atoms with van der Waals surface area (Å²) in [6.45, 7) is 1.51. The van der Waals surface area contributed by atoms with Crippen LogP contribution in [-0.4, -0.2) is 42.1 Å². The van der Waals surface area contributed by atoms with E-state index in [2.05, 4.69) is 29.2 Å². The van der Waals surface area contributed by atoms with E-state index in [4.69, 9.17) is 4.74 Å². The fraction of sp³-hybridized carbons (Fsp3) is 0.400. The van der Waals surface area contributed by atoms with Crippen LogP contribution in [0.4, 0.5) is 0 Å². The number of piperidine rings is 1. The maximum atomic E-state index is 12.6. The number of carbonyl (C=O) groups is 1. The zero-order valence-corrected chi connectivity index (χ0v) is 14.1. The quantitative estimate of drug-likeness (QED) is 0.849. The highest BCUT2D eigenvalue weighted by molar-refractivity contribution is 5.78. The van der Waals surface area contributed by atoms with Crippen LogP contribution in [0.15, 0.2) is 54.7 Å². The van der Waals surface area contributed by atoms with E-state index in [1.807, 2.05) is 29.2 Å². The lowest BCUT2D eigenvalue weighted by molar-refractivity contribution is -0.134. The maximum Gasteiger partial charge on any atom is 0.228 e. The molecule has 2 atom stereocenters. The first-order chi connectivity index (χ1) is 11.8. The molecule has 0 bridgehead atoms. The number of amides is 1. The van der Waals surface area contributed by atoms with Gasteiger partial charge >= 0.3 is 0 Å². The van der Waals surface area contributed by atoms with Crippen molar-refractivity contribution in [2.24, 2.45) is 5.92 Å². The Hall–Kier alpha value is -2.20. The Balaban J connectivity index is 1.64. The molecule has 4 heteroatoms. The molecule has 126 valence electrons. The molecule has 0 spiro atoms. The van der Waals surface area contributed by atoms with Gasteiger partial charge in [0.2, 0.25) is 5.91 Å². The smallest absolute Gasteiger partial charge is 0.228 e. The second-order valence-electron chi connectivity index (χ2n) is 6.35. The third-order valence-corrected chi connectivity index (χ3v) is 4.72. The number of benzene rings is 1. The molecule has 2 heterocycles. The summed E-state index contributed by atoms with van der Waals surface area (Å²) in [5.41, 5.74) is 2.12. The molecule has 0 saturated carbocycles. The number of ether oxygens (including phenoxy) is 1. The molecule has 4 nitrogen and oxygen atoms in total. The van der Waals surface area contributed by atoms with Crippen molar-refractivity contribution in [3.8, 4) is 0 Å². The van der Waals surface area contributed by atoms with Gasteiger partial charge in [0, 0.05) is 38.0 Å². The molecule has 0 N–H and O–H groups in total. The van der Waals surface area contributed by atoms with Crippen LogP contribution in [0.25, 0.3) is 0 Å². The summed E-state index contributed by atoms with van der Waals surface area (Å²) < 4.78 is 5.67. The average molecular weight is 324 g/mol. The highest BCUT2D eigenvalue weighted by Gasteiger charge is 2.31. The summed E-state index contributed by atoms with van der Waals surface area (Å²) in [5.74, 6) is 0.486. The number of rotatable bonds is 5. The summed E-state index contributed by atoms with van der Waals surface area (Å²) >= 11 is 0. The lowest BCUT2D eigenvalue weighted by Gasteiger charge is -2.38. The minimum atomic E-state index is 0.154. The molecule has 1 saturated heterocycles. The van der Waals surface area contributed by atoms with Gasteiger partial charge in [0.05, 0.1) is 12.5 Å². The van der Waals surface area contributed by atoms with Crippen LogP contribution in [0.3, 0.4) is 0 Å². The van der Waals surface area contributed by atoms with Gasteiger partial charge in [0.1, 0.15) is 0 Å². The van der Waals surface area contributed by atoms with Crippen LogP contribution in [0, 0.1) is 5.92 Å². The third-order valence-electron chi connectivity index (χ3n) is 4.72. The summed E-state index contributed by atoms with van der Waals surface area (Å²) in [5, 5.41) is 0. The van der Waals surface area contributed by atoms with Crippen molar-refractivity contribution in [2.75, 3.05) is 20.2 Å². The summed E-state index contributed by atoms with van der Waals surface area (Å²) in [7, 11) is 1.77. The minimum absolute atomic E-state index is 0.154. The Morgan fingerprint density at radius 3 is 2.71 bits per heavy atom. The standard InChI is InChI=1S/C20H24N2O2/c1-24-19-10-12-22(20(23)14-18-9-5-6-11-21-18)15-17(19)13-16-7-3-2-4-8-16/h2-9,11,17,19H,10,12-15H2,1H3/t17-,19-/m1/s1. The van der Waals surface area contributed by atoms with Gasteiger partial charge in [-0.15, -0.1) is 0 Å². The highest BCUT2D eigenvalue weighted by Crippen LogP contribution is 2.24. The zero-order valence-electron chi connectivity index (χ0n) is 14.1. The predicted octanol–water partition coefficient (Wildman–Crippen LogP) is 2.73. The van der Waals surface area contributed by atoms with Crippen LogP contribution in [0.2, 0.25) is 0 Å². The normalized spacial score (nSPS) is 20.8. The number of aromatic nitrogens is 1. The number of likely N-dealkylation sites (tertiary alicyclic amines) is 1. The van der Waals surface area contributed by atoms with E-state index < -0.39 is 0 Å². The van der Waals surface area contributed by atoms with Gasteiger partial charge in [-0.3, -0.25) is 9.78 Å². The molecular formula is C20H24N2O2. The van der Waals surface area contributed by atoms with Gasteiger partial charge in [-0.25, -0.2) is 0 Å². The van der Waals surface area contributed by atoms with Gasteiger partial charge < -0.3 is 9.64 Å². The van der Waals surface area contributed by atoms with Gasteiger partial charge in [-0.1, -0.05) is 36.4 Å². The van der Waals surface area contributed by atoms with E-state index in [1.54, 1.807) is 13.3 Å². The van der Waals surface area contributed by atoms with Crippen LogP contribution in [0.5, 0.6) is 0 Å². The summed E-state index contributed by atoms with van der Waals surface area (Å²) in [6, 6.07) is 16.1.